The largest absolute Gasteiger partial charge is 0.478 e. The molecule has 0 bridgehead atoms. The molecule has 0 aliphatic heterocycles. The van der Waals surface area contributed by atoms with E-state index in [0.717, 1.165) is 0 Å². The Morgan fingerprint density at radius 3 is 2.71 bits per heavy atom. The SMILES string of the molecule is CC(C)(C)OC(=O)NCC(F)=CCc1[nH]ccc1C(=O)O. The highest BCUT2D eigenvalue weighted by Crippen LogP contribution is 2.10. The molecule has 0 atom stereocenters. The number of rotatable bonds is 5. The molecular weight excluding hydrogens is 279 g/mol. The first-order valence-electron chi connectivity index (χ1n) is 6.40. The molecule has 0 saturated heterocycles. The molecule has 0 aromatic carbocycles. The van der Waals surface area contributed by atoms with Gasteiger partial charge >= 0.3 is 12.1 Å². The number of nitrogens with one attached hydrogen (secondary N) is 2. The summed E-state index contributed by atoms with van der Waals surface area (Å²) in [5, 5.41) is 11.2. The molecule has 7 heteroatoms. The minimum absolute atomic E-state index is 0.0937. The van der Waals surface area contributed by atoms with Gasteiger partial charge in [-0.1, -0.05) is 0 Å². The summed E-state index contributed by atoms with van der Waals surface area (Å²) in [5.41, 5.74) is -0.153. The molecule has 1 aromatic rings. The van der Waals surface area contributed by atoms with Crippen LogP contribution in [0.2, 0.25) is 0 Å². The number of carbonyl (C=O) groups excluding carboxylic acids is 1. The fraction of sp³-hybridized carbons (Fsp3) is 0.429. The first-order chi connectivity index (χ1) is 9.69. The lowest BCUT2D eigenvalue weighted by atomic mass is 10.2. The minimum Gasteiger partial charge on any atom is -0.478 e. The Morgan fingerprint density at radius 2 is 2.14 bits per heavy atom. The average molecular weight is 298 g/mol. The van der Waals surface area contributed by atoms with Crippen LogP contribution in [0.3, 0.4) is 0 Å². The maximum absolute atomic E-state index is 13.6. The molecule has 0 radical (unpaired) electrons. The Kier molecular flexibility index (Phi) is 5.52. The zero-order chi connectivity index (χ0) is 16.0. The van der Waals surface area contributed by atoms with Crippen LogP contribution < -0.4 is 5.32 Å². The van der Waals surface area contributed by atoms with E-state index in [0.29, 0.717) is 5.69 Å². The van der Waals surface area contributed by atoms with E-state index < -0.39 is 23.5 Å². The van der Waals surface area contributed by atoms with Gasteiger partial charge < -0.3 is 20.1 Å². The van der Waals surface area contributed by atoms with Crippen LogP contribution >= 0.6 is 0 Å². The minimum atomic E-state index is -1.08. The zero-order valence-electron chi connectivity index (χ0n) is 12.2. The van der Waals surface area contributed by atoms with Crippen LogP contribution in [-0.4, -0.2) is 34.3 Å². The number of halogens is 1. The van der Waals surface area contributed by atoms with Crippen molar-refractivity contribution in [2.45, 2.75) is 32.8 Å². The van der Waals surface area contributed by atoms with Crippen LogP contribution in [-0.2, 0) is 11.2 Å². The number of carboxylic acid groups (broad SMARTS) is 1. The molecule has 0 unspecified atom stereocenters. The molecule has 1 amide bonds. The van der Waals surface area contributed by atoms with Crippen LogP contribution in [0.4, 0.5) is 9.18 Å². The van der Waals surface area contributed by atoms with E-state index in [1.807, 2.05) is 0 Å². The number of carbonyl (C=O) groups is 2. The summed E-state index contributed by atoms with van der Waals surface area (Å²) in [4.78, 5) is 24.9. The first-order valence-corrected chi connectivity index (χ1v) is 6.40. The third kappa shape index (κ3) is 6.11. The van der Waals surface area contributed by atoms with E-state index >= 15 is 0 Å². The second kappa shape index (κ2) is 6.92. The number of ether oxygens (including phenoxy) is 1. The number of hydrogen-bond donors (Lipinski definition) is 3. The topological polar surface area (TPSA) is 91.4 Å². The molecule has 6 nitrogen and oxygen atoms in total. The highest BCUT2D eigenvalue weighted by atomic mass is 19.1. The van der Waals surface area contributed by atoms with Gasteiger partial charge in [0.2, 0.25) is 0 Å². The number of carboxylic acids is 1. The number of alkyl carbamates (subject to hydrolysis) is 1. The second-order valence-electron chi connectivity index (χ2n) is 5.39. The van der Waals surface area contributed by atoms with Gasteiger partial charge in [0.05, 0.1) is 12.1 Å². The van der Waals surface area contributed by atoms with Gasteiger partial charge in [-0.2, -0.15) is 0 Å². The van der Waals surface area contributed by atoms with Crippen LogP contribution in [0, 0.1) is 0 Å². The number of amides is 1. The molecule has 3 N–H and O–H groups in total. The van der Waals surface area contributed by atoms with Gasteiger partial charge in [-0.05, 0) is 32.9 Å². The Balaban J connectivity index is 2.49. The lowest BCUT2D eigenvalue weighted by molar-refractivity contribution is 0.0529. The molecule has 1 aromatic heterocycles. The van der Waals surface area contributed by atoms with Crippen molar-refractivity contribution in [3.05, 3.63) is 35.4 Å². The van der Waals surface area contributed by atoms with Crippen molar-refractivity contribution < 1.29 is 23.8 Å². The van der Waals surface area contributed by atoms with Gasteiger partial charge in [-0.25, -0.2) is 14.0 Å². The number of aromatic carboxylic acids is 1. The third-order valence-electron chi connectivity index (χ3n) is 2.39. The molecule has 1 heterocycles. The predicted octanol–water partition coefficient (Wildman–Crippen LogP) is 2.63. The molecule has 0 spiro atoms. The normalized spacial score (nSPS) is 12.1. The van der Waals surface area contributed by atoms with Crippen molar-refractivity contribution in [3.63, 3.8) is 0 Å². The van der Waals surface area contributed by atoms with Crippen molar-refractivity contribution in [2.24, 2.45) is 0 Å². The summed E-state index contributed by atoms with van der Waals surface area (Å²) in [7, 11) is 0. The highest BCUT2D eigenvalue weighted by Gasteiger charge is 2.16. The number of hydrogen-bond acceptors (Lipinski definition) is 3. The second-order valence-corrected chi connectivity index (χ2v) is 5.39. The number of aromatic amines is 1. The average Bonchev–Trinajstić information content (AvgIpc) is 2.80. The van der Waals surface area contributed by atoms with E-state index in [1.165, 1.54) is 18.3 Å². The molecule has 21 heavy (non-hydrogen) atoms. The Bertz CT molecular complexity index is 543. The standard InChI is InChI=1S/C14H19FN2O4/c1-14(2,3)21-13(20)17-8-9(15)4-5-11-10(12(18)19)6-7-16-11/h4,6-7,16H,5,8H2,1-3H3,(H,17,20)(H,18,19). The van der Waals surface area contributed by atoms with Gasteiger partial charge in [-0.3, -0.25) is 0 Å². The van der Waals surface area contributed by atoms with E-state index in [1.54, 1.807) is 20.8 Å². The van der Waals surface area contributed by atoms with E-state index in [-0.39, 0.29) is 18.5 Å². The van der Waals surface area contributed by atoms with Crippen molar-refractivity contribution >= 4 is 12.1 Å². The van der Waals surface area contributed by atoms with Crippen molar-refractivity contribution in [1.82, 2.24) is 10.3 Å². The fourth-order valence-electron chi connectivity index (χ4n) is 1.53. The van der Waals surface area contributed by atoms with Crippen LogP contribution in [0.5, 0.6) is 0 Å². The maximum Gasteiger partial charge on any atom is 0.408 e. The summed E-state index contributed by atoms with van der Waals surface area (Å²) < 4.78 is 18.5. The van der Waals surface area contributed by atoms with Crippen LogP contribution in [0.25, 0.3) is 0 Å². The van der Waals surface area contributed by atoms with Crippen molar-refractivity contribution in [3.8, 4) is 0 Å². The Labute approximate surface area is 122 Å². The Morgan fingerprint density at radius 1 is 1.48 bits per heavy atom. The lowest BCUT2D eigenvalue weighted by Gasteiger charge is -2.19. The van der Waals surface area contributed by atoms with Gasteiger partial charge in [0.15, 0.2) is 0 Å². The smallest absolute Gasteiger partial charge is 0.408 e. The highest BCUT2D eigenvalue weighted by molar-refractivity contribution is 5.89. The first kappa shape index (κ1) is 16.7. The monoisotopic (exact) mass is 298 g/mol. The van der Waals surface area contributed by atoms with Gasteiger partial charge in [0.1, 0.15) is 11.4 Å². The van der Waals surface area contributed by atoms with Gasteiger partial charge in [0.25, 0.3) is 0 Å². The van der Waals surface area contributed by atoms with Crippen molar-refractivity contribution in [2.75, 3.05) is 6.54 Å². The number of allylic oxidation sites excluding steroid dienone is 1. The molecule has 0 saturated carbocycles. The molecule has 0 aliphatic rings. The summed E-state index contributed by atoms with van der Waals surface area (Å²) >= 11 is 0. The van der Waals surface area contributed by atoms with Gasteiger partial charge in [-0.15, -0.1) is 0 Å². The van der Waals surface area contributed by atoms with Crippen LogP contribution in [0.15, 0.2) is 24.2 Å². The quantitative estimate of drug-likeness (QED) is 0.779. The van der Waals surface area contributed by atoms with E-state index in [4.69, 9.17) is 9.84 Å². The predicted molar refractivity (Wildman–Crippen MR) is 74.9 cm³/mol. The molecule has 0 fully saturated rings. The third-order valence-corrected chi connectivity index (χ3v) is 2.39. The van der Waals surface area contributed by atoms with Crippen molar-refractivity contribution in [1.29, 1.82) is 0 Å². The van der Waals surface area contributed by atoms with Gasteiger partial charge in [0, 0.05) is 18.3 Å². The lowest BCUT2D eigenvalue weighted by Crippen LogP contribution is -2.33. The maximum atomic E-state index is 13.6. The molecule has 0 aliphatic carbocycles. The number of H-pyrrole nitrogens is 1. The Hall–Kier alpha value is -2.31. The van der Waals surface area contributed by atoms with Crippen LogP contribution in [0.1, 0.15) is 36.8 Å². The summed E-state index contributed by atoms with van der Waals surface area (Å²) in [6, 6.07) is 1.41. The summed E-state index contributed by atoms with van der Waals surface area (Å²) in [6.07, 6.45) is 2.06. The van der Waals surface area contributed by atoms with E-state index in [9.17, 15) is 14.0 Å². The zero-order valence-corrected chi connectivity index (χ0v) is 12.2. The summed E-state index contributed by atoms with van der Waals surface area (Å²) in [6.45, 7) is 4.81. The molecule has 116 valence electrons. The molecule has 1 rings (SSSR count). The fourth-order valence-corrected chi connectivity index (χ4v) is 1.53. The summed E-state index contributed by atoms with van der Waals surface area (Å²) in [5.74, 6) is -1.65. The van der Waals surface area contributed by atoms with E-state index in [2.05, 4.69) is 10.3 Å². The number of aromatic nitrogens is 1. The molecular formula is C14H19FN2O4.